The lowest BCUT2D eigenvalue weighted by molar-refractivity contribution is 0.556. The molecule has 0 aromatic heterocycles. The molecule has 1 heteroatoms. The van der Waals surface area contributed by atoms with E-state index in [4.69, 9.17) is 0 Å². The zero-order valence-corrected chi connectivity index (χ0v) is 12.0. The van der Waals surface area contributed by atoms with Crippen molar-refractivity contribution in [1.82, 2.24) is 0 Å². The van der Waals surface area contributed by atoms with Crippen LogP contribution in [0.5, 0.6) is 0 Å². The molecule has 2 fully saturated rings. The summed E-state index contributed by atoms with van der Waals surface area (Å²) in [6, 6.07) is 0. The zero-order valence-electron chi connectivity index (χ0n) is 11.1. The minimum Gasteiger partial charge on any atom is -0.0971 e. The number of fused-ring (bicyclic) bond motifs is 2. The third-order valence-corrected chi connectivity index (χ3v) is 9.24. The summed E-state index contributed by atoms with van der Waals surface area (Å²) in [6.07, 6.45) is 21.6. The molecule has 0 amide bonds. The molecule has 0 nitrogen and oxygen atoms in total. The van der Waals surface area contributed by atoms with Crippen LogP contribution in [0.4, 0.5) is 0 Å². The normalized spacial score (nSPS) is 44.7. The van der Waals surface area contributed by atoms with Gasteiger partial charge in [0.15, 0.2) is 0 Å². The molecular weight excluding hydrogens is 223 g/mol. The van der Waals surface area contributed by atoms with Gasteiger partial charge in [-0.1, -0.05) is 32.9 Å². The molecular formula is C16H27P. The Bertz CT molecular complexity index is 257. The highest BCUT2D eigenvalue weighted by Gasteiger charge is 2.40. The molecule has 0 spiro atoms. The first-order valence-corrected chi connectivity index (χ1v) is 9.42. The molecule has 3 unspecified atom stereocenters. The summed E-state index contributed by atoms with van der Waals surface area (Å²) >= 11 is 0. The highest BCUT2D eigenvalue weighted by Crippen LogP contribution is 2.65. The molecule has 3 rings (SSSR count). The van der Waals surface area contributed by atoms with E-state index in [1.54, 1.807) is 44.9 Å². The van der Waals surface area contributed by atoms with Gasteiger partial charge in [0, 0.05) is 0 Å². The van der Waals surface area contributed by atoms with Crippen molar-refractivity contribution in [3.8, 4) is 0 Å². The molecule has 0 aromatic carbocycles. The minimum absolute atomic E-state index is 0.409. The molecule has 0 aromatic rings. The average Bonchev–Trinajstić information content (AvgIpc) is 2.52. The van der Waals surface area contributed by atoms with E-state index in [0.29, 0.717) is 7.92 Å². The summed E-state index contributed by atoms with van der Waals surface area (Å²) in [7, 11) is 0.409. The average molecular weight is 250 g/mol. The van der Waals surface area contributed by atoms with Crippen molar-refractivity contribution in [1.29, 1.82) is 0 Å². The van der Waals surface area contributed by atoms with Gasteiger partial charge in [0.2, 0.25) is 0 Å². The fourth-order valence-electron chi connectivity index (χ4n) is 4.36. The summed E-state index contributed by atoms with van der Waals surface area (Å²) in [4.78, 5) is 0. The van der Waals surface area contributed by atoms with Crippen molar-refractivity contribution in [2.24, 2.45) is 0 Å². The second-order valence-corrected chi connectivity index (χ2v) is 9.34. The van der Waals surface area contributed by atoms with Crippen LogP contribution in [-0.4, -0.2) is 17.0 Å². The lowest BCUT2D eigenvalue weighted by atomic mass is 10.0. The SMILES string of the molecule is C1=C\CCC(P2C3CCCCC2CC3)CCC/1. The summed E-state index contributed by atoms with van der Waals surface area (Å²) < 4.78 is 0. The van der Waals surface area contributed by atoms with Gasteiger partial charge in [0.25, 0.3) is 0 Å². The van der Waals surface area contributed by atoms with Crippen LogP contribution in [0.1, 0.15) is 70.6 Å². The standard InChI is InChI=1S/C16H27P/c1-2-4-8-14(9-5-3-1)17-15-10-6-7-11-16(17)13-12-15/h1-2,14-16H,3-13H2/b2-1-. The van der Waals surface area contributed by atoms with E-state index in [1.807, 2.05) is 0 Å². The Balaban J connectivity index is 1.70. The maximum atomic E-state index is 2.46. The predicted molar refractivity (Wildman–Crippen MR) is 78.2 cm³/mol. The monoisotopic (exact) mass is 250 g/mol. The maximum absolute atomic E-state index is 2.46. The van der Waals surface area contributed by atoms with Crippen LogP contribution in [0.15, 0.2) is 12.2 Å². The molecule has 96 valence electrons. The molecule has 17 heavy (non-hydrogen) atoms. The molecule has 0 saturated carbocycles. The van der Waals surface area contributed by atoms with Crippen molar-refractivity contribution in [2.45, 2.75) is 87.6 Å². The van der Waals surface area contributed by atoms with Crippen LogP contribution in [0.3, 0.4) is 0 Å². The van der Waals surface area contributed by atoms with Crippen LogP contribution in [-0.2, 0) is 0 Å². The zero-order chi connectivity index (χ0) is 11.5. The van der Waals surface area contributed by atoms with E-state index in [-0.39, 0.29) is 0 Å². The highest BCUT2D eigenvalue weighted by atomic mass is 31.1. The van der Waals surface area contributed by atoms with E-state index >= 15 is 0 Å². The fourth-order valence-corrected chi connectivity index (χ4v) is 8.93. The van der Waals surface area contributed by atoms with Crippen molar-refractivity contribution >= 4 is 7.92 Å². The van der Waals surface area contributed by atoms with Gasteiger partial charge in [-0.25, -0.2) is 0 Å². The van der Waals surface area contributed by atoms with Crippen LogP contribution >= 0.6 is 7.92 Å². The van der Waals surface area contributed by atoms with Gasteiger partial charge in [-0.15, -0.1) is 0 Å². The van der Waals surface area contributed by atoms with Crippen molar-refractivity contribution in [2.75, 3.05) is 0 Å². The molecule has 0 radical (unpaired) electrons. The van der Waals surface area contributed by atoms with Crippen molar-refractivity contribution in [3.63, 3.8) is 0 Å². The van der Waals surface area contributed by atoms with E-state index in [2.05, 4.69) is 12.2 Å². The van der Waals surface area contributed by atoms with Crippen LogP contribution in [0, 0.1) is 0 Å². The first kappa shape index (κ1) is 12.2. The van der Waals surface area contributed by atoms with Gasteiger partial charge in [-0.05, 0) is 74.8 Å². The Labute approximate surface area is 108 Å². The van der Waals surface area contributed by atoms with E-state index in [1.165, 1.54) is 37.0 Å². The summed E-state index contributed by atoms with van der Waals surface area (Å²) in [5.41, 5.74) is 3.52. The quantitative estimate of drug-likeness (QED) is 0.428. The van der Waals surface area contributed by atoms with Crippen molar-refractivity contribution in [3.05, 3.63) is 12.2 Å². The number of allylic oxidation sites excluding steroid dienone is 2. The highest BCUT2D eigenvalue weighted by molar-refractivity contribution is 7.60. The van der Waals surface area contributed by atoms with Crippen LogP contribution in [0.2, 0.25) is 0 Å². The van der Waals surface area contributed by atoms with Gasteiger partial charge >= 0.3 is 0 Å². The Hall–Kier alpha value is 0.170. The molecule has 1 aliphatic carbocycles. The molecule has 0 N–H and O–H groups in total. The molecule has 3 aliphatic rings. The second kappa shape index (κ2) is 5.87. The summed E-state index contributed by atoms with van der Waals surface area (Å²) in [6.45, 7) is 0. The first-order chi connectivity index (χ1) is 8.45. The molecule has 2 bridgehead atoms. The summed E-state index contributed by atoms with van der Waals surface area (Å²) in [5.74, 6) is 0. The van der Waals surface area contributed by atoms with Gasteiger partial charge < -0.3 is 0 Å². The third-order valence-electron chi connectivity index (χ3n) is 5.16. The maximum Gasteiger partial charge on any atom is -0.0201 e. The van der Waals surface area contributed by atoms with Crippen LogP contribution < -0.4 is 0 Å². The fraction of sp³-hybridized carbons (Fsp3) is 0.875. The second-order valence-electron chi connectivity index (χ2n) is 6.25. The van der Waals surface area contributed by atoms with E-state index in [0.717, 1.165) is 5.66 Å². The van der Waals surface area contributed by atoms with Gasteiger partial charge in [0.1, 0.15) is 0 Å². The van der Waals surface area contributed by atoms with E-state index in [9.17, 15) is 0 Å². The van der Waals surface area contributed by atoms with Crippen molar-refractivity contribution < 1.29 is 0 Å². The lowest BCUT2D eigenvalue weighted by Gasteiger charge is -2.33. The number of hydrogen-bond acceptors (Lipinski definition) is 0. The smallest absolute Gasteiger partial charge is 0.0201 e. The van der Waals surface area contributed by atoms with E-state index < -0.39 is 0 Å². The molecule has 2 aliphatic heterocycles. The topological polar surface area (TPSA) is 0 Å². The largest absolute Gasteiger partial charge is 0.0971 e. The first-order valence-electron chi connectivity index (χ1n) is 7.87. The number of rotatable bonds is 1. The molecule has 2 heterocycles. The van der Waals surface area contributed by atoms with Gasteiger partial charge in [-0.3, -0.25) is 0 Å². The predicted octanol–water partition coefficient (Wildman–Crippen LogP) is 5.46. The Kier molecular flexibility index (Phi) is 4.22. The summed E-state index contributed by atoms with van der Waals surface area (Å²) in [5, 5.41) is 0. The lowest BCUT2D eigenvalue weighted by Crippen LogP contribution is -2.16. The third kappa shape index (κ3) is 2.78. The minimum atomic E-state index is 0.409. The number of hydrogen-bond donors (Lipinski definition) is 0. The van der Waals surface area contributed by atoms with Gasteiger partial charge in [0.05, 0.1) is 0 Å². The Morgan fingerprint density at radius 1 is 0.588 bits per heavy atom. The van der Waals surface area contributed by atoms with Crippen LogP contribution in [0.25, 0.3) is 0 Å². The Morgan fingerprint density at radius 3 is 1.94 bits per heavy atom. The molecule has 3 atom stereocenters. The molecule has 2 saturated heterocycles. The van der Waals surface area contributed by atoms with Gasteiger partial charge in [-0.2, -0.15) is 0 Å². The Morgan fingerprint density at radius 2 is 1.18 bits per heavy atom.